The van der Waals surface area contributed by atoms with Crippen molar-refractivity contribution < 1.29 is 23.6 Å². The summed E-state index contributed by atoms with van der Waals surface area (Å²) in [5, 5.41) is 12.8. The second-order valence-electron chi connectivity index (χ2n) is 4.78. The van der Waals surface area contributed by atoms with E-state index in [4.69, 9.17) is 10.5 Å². The van der Waals surface area contributed by atoms with Crippen LogP contribution in [0.3, 0.4) is 0 Å². The number of benzene rings is 2. The van der Waals surface area contributed by atoms with E-state index in [1.54, 1.807) is 6.07 Å². The molecular formula is C15H11BrFN3O5. The molecule has 0 fully saturated rings. The summed E-state index contributed by atoms with van der Waals surface area (Å²) in [6.45, 7) is -0.715. The molecule has 0 aliphatic rings. The number of carbonyl (C=O) groups is 2. The minimum absolute atomic E-state index is 0.0590. The monoisotopic (exact) mass is 411 g/mol. The molecule has 130 valence electrons. The lowest BCUT2D eigenvalue weighted by molar-refractivity contribution is -0.384. The van der Waals surface area contributed by atoms with Crippen LogP contribution in [0.2, 0.25) is 0 Å². The SMILES string of the molecule is Nc1ccc(Br)cc1C(=O)OCC(=O)Nc1cc([N+](=O)[O-])ccc1F. The Labute approximate surface area is 149 Å². The molecule has 0 saturated carbocycles. The summed E-state index contributed by atoms with van der Waals surface area (Å²) in [5.74, 6) is -2.56. The Balaban J connectivity index is 2.01. The highest BCUT2D eigenvalue weighted by atomic mass is 79.9. The number of halogens is 2. The van der Waals surface area contributed by atoms with Crippen LogP contribution in [0.15, 0.2) is 40.9 Å². The molecule has 3 N–H and O–H groups in total. The molecule has 0 aliphatic heterocycles. The maximum Gasteiger partial charge on any atom is 0.340 e. The van der Waals surface area contributed by atoms with Gasteiger partial charge in [0.1, 0.15) is 5.82 Å². The number of nitro benzene ring substituents is 1. The molecule has 2 aromatic carbocycles. The number of rotatable bonds is 5. The van der Waals surface area contributed by atoms with E-state index >= 15 is 0 Å². The van der Waals surface area contributed by atoms with Crippen molar-refractivity contribution in [2.45, 2.75) is 0 Å². The minimum Gasteiger partial charge on any atom is -0.452 e. The molecule has 1 amide bonds. The summed E-state index contributed by atoms with van der Waals surface area (Å²) >= 11 is 3.18. The first-order chi connectivity index (χ1) is 11.8. The van der Waals surface area contributed by atoms with Crippen LogP contribution in [-0.2, 0) is 9.53 Å². The second-order valence-corrected chi connectivity index (χ2v) is 5.69. The second kappa shape index (κ2) is 7.71. The molecule has 10 heteroatoms. The molecule has 0 aromatic heterocycles. The summed E-state index contributed by atoms with van der Waals surface area (Å²) in [6.07, 6.45) is 0. The average Bonchev–Trinajstić information content (AvgIpc) is 2.56. The van der Waals surface area contributed by atoms with Crippen LogP contribution in [0, 0.1) is 15.9 Å². The number of nitro groups is 1. The Hall–Kier alpha value is -3.01. The van der Waals surface area contributed by atoms with Crippen molar-refractivity contribution in [3.05, 3.63) is 62.4 Å². The van der Waals surface area contributed by atoms with Gasteiger partial charge in [-0.25, -0.2) is 9.18 Å². The zero-order chi connectivity index (χ0) is 18.6. The topological polar surface area (TPSA) is 125 Å². The number of hydrogen-bond acceptors (Lipinski definition) is 6. The smallest absolute Gasteiger partial charge is 0.340 e. The Morgan fingerprint density at radius 2 is 2.00 bits per heavy atom. The molecule has 0 radical (unpaired) electrons. The molecular weight excluding hydrogens is 401 g/mol. The lowest BCUT2D eigenvalue weighted by Crippen LogP contribution is -2.22. The first-order valence-electron chi connectivity index (χ1n) is 6.74. The first kappa shape index (κ1) is 18.3. The van der Waals surface area contributed by atoms with Gasteiger partial charge in [0.05, 0.1) is 16.2 Å². The van der Waals surface area contributed by atoms with Gasteiger partial charge in [-0.15, -0.1) is 0 Å². The quantitative estimate of drug-likeness (QED) is 0.337. The van der Waals surface area contributed by atoms with Crippen LogP contribution < -0.4 is 11.1 Å². The standard InChI is InChI=1S/C15H11BrFN3O5/c16-8-1-4-12(18)10(5-8)15(22)25-7-14(21)19-13-6-9(20(23)24)2-3-11(13)17/h1-6H,7,18H2,(H,19,21). The highest BCUT2D eigenvalue weighted by Gasteiger charge is 2.16. The number of amides is 1. The third-order valence-corrected chi connectivity index (χ3v) is 3.50. The van der Waals surface area contributed by atoms with E-state index in [0.717, 1.165) is 18.2 Å². The van der Waals surface area contributed by atoms with Gasteiger partial charge < -0.3 is 15.8 Å². The molecule has 0 bridgehead atoms. The van der Waals surface area contributed by atoms with E-state index in [1.165, 1.54) is 12.1 Å². The van der Waals surface area contributed by atoms with Gasteiger partial charge in [0, 0.05) is 22.3 Å². The van der Waals surface area contributed by atoms with Gasteiger partial charge >= 0.3 is 5.97 Å². The third kappa shape index (κ3) is 4.73. The normalized spacial score (nSPS) is 10.2. The number of nitrogens with two attached hydrogens (primary N) is 1. The molecule has 0 atom stereocenters. The number of nitrogen functional groups attached to an aromatic ring is 1. The zero-order valence-corrected chi connectivity index (χ0v) is 14.1. The van der Waals surface area contributed by atoms with Crippen LogP contribution in [0.4, 0.5) is 21.5 Å². The van der Waals surface area contributed by atoms with Gasteiger partial charge in [-0.2, -0.15) is 0 Å². The van der Waals surface area contributed by atoms with Gasteiger partial charge in [-0.05, 0) is 24.3 Å². The summed E-state index contributed by atoms with van der Waals surface area (Å²) in [7, 11) is 0. The number of esters is 1. The molecule has 0 saturated heterocycles. The van der Waals surface area contributed by atoms with E-state index in [2.05, 4.69) is 21.2 Å². The fourth-order valence-electron chi connectivity index (χ4n) is 1.82. The molecule has 0 spiro atoms. The number of nitrogens with one attached hydrogen (secondary N) is 1. The third-order valence-electron chi connectivity index (χ3n) is 3.00. The van der Waals surface area contributed by atoms with Crippen molar-refractivity contribution in [2.75, 3.05) is 17.7 Å². The van der Waals surface area contributed by atoms with Crippen molar-refractivity contribution in [3.8, 4) is 0 Å². The predicted molar refractivity (Wildman–Crippen MR) is 90.5 cm³/mol. The number of nitrogens with zero attached hydrogens (tertiary/aromatic N) is 1. The molecule has 0 aliphatic carbocycles. The van der Waals surface area contributed by atoms with Crippen molar-refractivity contribution in [1.82, 2.24) is 0 Å². The lowest BCUT2D eigenvalue weighted by Gasteiger charge is -2.09. The predicted octanol–water partition coefficient (Wildman–Crippen LogP) is 2.87. The van der Waals surface area contributed by atoms with E-state index in [0.29, 0.717) is 4.47 Å². The van der Waals surface area contributed by atoms with Crippen LogP contribution in [0.1, 0.15) is 10.4 Å². The van der Waals surface area contributed by atoms with Gasteiger partial charge in [0.25, 0.3) is 11.6 Å². The van der Waals surface area contributed by atoms with E-state index in [1.807, 2.05) is 0 Å². The number of carbonyl (C=O) groups excluding carboxylic acids is 2. The Morgan fingerprint density at radius 1 is 1.28 bits per heavy atom. The number of non-ortho nitro benzene ring substituents is 1. The van der Waals surface area contributed by atoms with Gasteiger partial charge in [-0.1, -0.05) is 15.9 Å². The van der Waals surface area contributed by atoms with Gasteiger partial charge in [-0.3, -0.25) is 14.9 Å². The molecule has 8 nitrogen and oxygen atoms in total. The molecule has 2 rings (SSSR count). The number of anilines is 2. The number of ether oxygens (including phenoxy) is 1. The summed E-state index contributed by atoms with van der Waals surface area (Å²) in [4.78, 5) is 33.6. The van der Waals surface area contributed by atoms with E-state index in [9.17, 15) is 24.1 Å². The van der Waals surface area contributed by atoms with Crippen molar-refractivity contribution in [3.63, 3.8) is 0 Å². The zero-order valence-electron chi connectivity index (χ0n) is 12.5. The summed E-state index contributed by atoms with van der Waals surface area (Å²) in [6, 6.07) is 7.21. The molecule has 25 heavy (non-hydrogen) atoms. The maximum absolute atomic E-state index is 13.6. The van der Waals surface area contributed by atoms with Gasteiger partial charge in [0.2, 0.25) is 0 Å². The highest BCUT2D eigenvalue weighted by Crippen LogP contribution is 2.21. The maximum atomic E-state index is 13.6. The largest absolute Gasteiger partial charge is 0.452 e. The summed E-state index contributed by atoms with van der Waals surface area (Å²) < 4.78 is 19.0. The summed E-state index contributed by atoms with van der Waals surface area (Å²) in [5.41, 5.74) is 5.09. The Bertz CT molecular complexity index is 859. The van der Waals surface area contributed by atoms with Crippen molar-refractivity contribution in [1.29, 1.82) is 0 Å². The lowest BCUT2D eigenvalue weighted by atomic mass is 10.2. The van der Waals surface area contributed by atoms with E-state index in [-0.39, 0.29) is 11.3 Å². The Morgan fingerprint density at radius 3 is 2.68 bits per heavy atom. The minimum atomic E-state index is -0.860. The van der Waals surface area contributed by atoms with Crippen LogP contribution in [-0.4, -0.2) is 23.4 Å². The average molecular weight is 412 g/mol. The van der Waals surface area contributed by atoms with Crippen molar-refractivity contribution in [2.24, 2.45) is 0 Å². The number of hydrogen-bond donors (Lipinski definition) is 2. The van der Waals surface area contributed by atoms with Crippen LogP contribution in [0.25, 0.3) is 0 Å². The fraction of sp³-hybridized carbons (Fsp3) is 0.0667. The van der Waals surface area contributed by atoms with E-state index < -0.39 is 40.6 Å². The first-order valence-corrected chi connectivity index (χ1v) is 7.53. The van der Waals surface area contributed by atoms with Crippen molar-refractivity contribution >= 4 is 44.9 Å². The van der Waals surface area contributed by atoms with Crippen LogP contribution in [0.5, 0.6) is 0 Å². The molecule has 0 heterocycles. The molecule has 2 aromatic rings. The Kier molecular flexibility index (Phi) is 5.65. The fourth-order valence-corrected chi connectivity index (χ4v) is 2.18. The van der Waals surface area contributed by atoms with Crippen LogP contribution >= 0.6 is 15.9 Å². The highest BCUT2D eigenvalue weighted by molar-refractivity contribution is 9.10. The molecule has 0 unspecified atom stereocenters. The van der Waals surface area contributed by atoms with Gasteiger partial charge in [0.15, 0.2) is 6.61 Å².